The molecule has 1 amide bonds. The van der Waals surface area contributed by atoms with Gasteiger partial charge in [-0.2, -0.15) is 0 Å². The van der Waals surface area contributed by atoms with E-state index < -0.39 is 29.0 Å². The summed E-state index contributed by atoms with van der Waals surface area (Å²) in [7, 11) is 0. The molecule has 1 heterocycles. The van der Waals surface area contributed by atoms with Gasteiger partial charge in [-0.25, -0.2) is 18.2 Å². The number of halogens is 3. The van der Waals surface area contributed by atoms with Crippen LogP contribution in [-0.2, 0) is 4.79 Å². The molecule has 152 valence electrons. The Labute approximate surface area is 169 Å². The Hall–Kier alpha value is -2.81. The molecular formula is C20H18F3N3O2S. The first-order chi connectivity index (χ1) is 13.8. The number of hydrogen-bond acceptors (Lipinski definition) is 4. The van der Waals surface area contributed by atoms with Crippen molar-refractivity contribution in [1.29, 1.82) is 0 Å². The first-order valence-corrected chi connectivity index (χ1v) is 9.89. The summed E-state index contributed by atoms with van der Waals surface area (Å²) < 4.78 is 41.6. The third kappa shape index (κ3) is 4.29. The lowest BCUT2D eigenvalue weighted by Gasteiger charge is -2.18. The van der Waals surface area contributed by atoms with Crippen molar-refractivity contribution in [3.8, 4) is 0 Å². The fraction of sp³-hybridized carbons (Fsp3) is 0.250. The fourth-order valence-electron chi connectivity index (χ4n) is 2.74. The molecule has 3 rings (SSSR count). The molecule has 0 saturated heterocycles. The minimum Gasteiger partial charge on any atom is -0.323 e. The number of rotatable bonds is 6. The van der Waals surface area contributed by atoms with Crippen LogP contribution < -0.4 is 10.9 Å². The van der Waals surface area contributed by atoms with Crippen molar-refractivity contribution in [3.63, 3.8) is 0 Å². The maximum atomic E-state index is 13.7. The monoisotopic (exact) mass is 421 g/mol. The zero-order valence-corrected chi connectivity index (χ0v) is 16.5. The highest BCUT2D eigenvalue weighted by molar-refractivity contribution is 7.99. The Bertz CT molecular complexity index is 1130. The first kappa shape index (κ1) is 20.9. The maximum absolute atomic E-state index is 13.7. The van der Waals surface area contributed by atoms with E-state index in [2.05, 4.69) is 10.3 Å². The van der Waals surface area contributed by atoms with Gasteiger partial charge in [0.25, 0.3) is 5.56 Å². The van der Waals surface area contributed by atoms with E-state index in [1.807, 2.05) is 13.8 Å². The van der Waals surface area contributed by atoms with Crippen LogP contribution in [-0.4, -0.2) is 21.2 Å². The number of hydrogen-bond donors (Lipinski definition) is 1. The minimum absolute atomic E-state index is 0.145. The second kappa shape index (κ2) is 8.69. The standard InChI is InChI=1S/C20H18F3N3O2S/c1-3-11(2)26-19(28)12-6-4-5-7-14(12)25-20(26)29-10-16(27)24-15-9-8-13(21)17(22)18(15)23/h4-9,11H,3,10H2,1-2H3,(H,24,27). The van der Waals surface area contributed by atoms with Gasteiger partial charge >= 0.3 is 0 Å². The smallest absolute Gasteiger partial charge is 0.262 e. The van der Waals surface area contributed by atoms with Crippen molar-refractivity contribution in [2.75, 3.05) is 11.1 Å². The fourth-order valence-corrected chi connectivity index (χ4v) is 3.63. The third-order valence-corrected chi connectivity index (χ3v) is 5.40. The van der Waals surface area contributed by atoms with Crippen LogP contribution >= 0.6 is 11.8 Å². The van der Waals surface area contributed by atoms with Crippen LogP contribution in [0, 0.1) is 17.5 Å². The number of anilines is 1. The summed E-state index contributed by atoms with van der Waals surface area (Å²) in [5.41, 5.74) is -0.161. The van der Waals surface area contributed by atoms with Gasteiger partial charge in [-0.15, -0.1) is 0 Å². The quantitative estimate of drug-likeness (QED) is 0.361. The van der Waals surface area contributed by atoms with Gasteiger partial charge in [0, 0.05) is 6.04 Å². The number of carbonyl (C=O) groups excluding carboxylic acids is 1. The van der Waals surface area contributed by atoms with Gasteiger partial charge in [0.05, 0.1) is 22.3 Å². The molecule has 0 bridgehead atoms. The van der Waals surface area contributed by atoms with Gasteiger partial charge in [0.2, 0.25) is 5.91 Å². The Balaban J connectivity index is 1.85. The molecule has 9 heteroatoms. The Morgan fingerprint density at radius 2 is 1.90 bits per heavy atom. The van der Waals surface area contributed by atoms with E-state index in [4.69, 9.17) is 0 Å². The predicted octanol–water partition coefficient (Wildman–Crippen LogP) is 4.52. The van der Waals surface area contributed by atoms with E-state index in [1.54, 1.807) is 24.3 Å². The molecule has 1 N–H and O–H groups in total. The van der Waals surface area contributed by atoms with Crippen LogP contribution in [0.3, 0.4) is 0 Å². The van der Waals surface area contributed by atoms with Gasteiger partial charge < -0.3 is 5.32 Å². The lowest BCUT2D eigenvalue weighted by molar-refractivity contribution is -0.113. The molecule has 0 fully saturated rings. The van der Waals surface area contributed by atoms with E-state index in [1.165, 1.54) is 4.57 Å². The molecule has 0 aliphatic heterocycles. The van der Waals surface area contributed by atoms with Crippen molar-refractivity contribution < 1.29 is 18.0 Å². The maximum Gasteiger partial charge on any atom is 0.262 e. The molecular weight excluding hydrogens is 403 g/mol. The zero-order valence-electron chi connectivity index (χ0n) is 15.7. The molecule has 5 nitrogen and oxygen atoms in total. The largest absolute Gasteiger partial charge is 0.323 e. The van der Waals surface area contributed by atoms with E-state index >= 15 is 0 Å². The topological polar surface area (TPSA) is 64.0 Å². The van der Waals surface area contributed by atoms with Gasteiger partial charge in [0.15, 0.2) is 22.6 Å². The van der Waals surface area contributed by atoms with Gasteiger partial charge in [-0.05, 0) is 37.6 Å². The summed E-state index contributed by atoms with van der Waals surface area (Å²) in [6.07, 6.45) is 0.680. The average Bonchev–Trinajstić information content (AvgIpc) is 2.72. The predicted molar refractivity (Wildman–Crippen MR) is 107 cm³/mol. The second-order valence-electron chi connectivity index (χ2n) is 6.40. The number of aromatic nitrogens is 2. The number of nitrogens with one attached hydrogen (secondary N) is 1. The van der Waals surface area contributed by atoms with Crippen LogP contribution in [0.2, 0.25) is 0 Å². The molecule has 2 aromatic carbocycles. The summed E-state index contributed by atoms with van der Waals surface area (Å²) >= 11 is 1.01. The number of nitrogens with zero attached hydrogens (tertiary/aromatic N) is 2. The lowest BCUT2D eigenvalue weighted by atomic mass is 10.2. The van der Waals surface area contributed by atoms with E-state index in [-0.39, 0.29) is 17.4 Å². The summed E-state index contributed by atoms with van der Waals surface area (Å²) in [6, 6.07) is 8.44. The highest BCUT2D eigenvalue weighted by Gasteiger charge is 2.18. The number of carbonyl (C=O) groups is 1. The van der Waals surface area contributed by atoms with Crippen LogP contribution in [0.25, 0.3) is 10.9 Å². The average molecular weight is 421 g/mol. The number of fused-ring (bicyclic) bond motifs is 1. The van der Waals surface area contributed by atoms with Crippen LogP contribution in [0.5, 0.6) is 0 Å². The van der Waals surface area contributed by atoms with E-state index in [0.29, 0.717) is 22.5 Å². The number of amides is 1. The molecule has 0 saturated carbocycles. The van der Waals surface area contributed by atoms with Crippen molar-refractivity contribution in [1.82, 2.24) is 9.55 Å². The Morgan fingerprint density at radius 3 is 2.62 bits per heavy atom. The summed E-state index contributed by atoms with van der Waals surface area (Å²) in [5, 5.41) is 3.03. The van der Waals surface area contributed by atoms with E-state index in [9.17, 15) is 22.8 Å². The molecule has 1 aromatic heterocycles. The van der Waals surface area contributed by atoms with Crippen molar-refractivity contribution in [2.45, 2.75) is 31.5 Å². The Morgan fingerprint density at radius 1 is 1.17 bits per heavy atom. The molecule has 0 aliphatic carbocycles. The third-order valence-electron chi connectivity index (χ3n) is 4.45. The summed E-state index contributed by atoms with van der Waals surface area (Å²) in [6.45, 7) is 3.80. The van der Waals surface area contributed by atoms with Crippen molar-refractivity contribution in [2.24, 2.45) is 0 Å². The molecule has 1 unspecified atom stereocenters. The van der Waals surface area contributed by atoms with Gasteiger partial charge in [-0.3, -0.25) is 14.2 Å². The van der Waals surface area contributed by atoms with Crippen molar-refractivity contribution >= 4 is 34.3 Å². The minimum atomic E-state index is -1.66. The number of para-hydroxylation sites is 1. The van der Waals surface area contributed by atoms with Gasteiger partial charge in [0.1, 0.15) is 0 Å². The van der Waals surface area contributed by atoms with Crippen molar-refractivity contribution in [3.05, 3.63) is 64.2 Å². The molecule has 0 spiro atoms. The lowest BCUT2D eigenvalue weighted by Crippen LogP contribution is -2.26. The molecule has 0 radical (unpaired) electrons. The van der Waals surface area contributed by atoms with Gasteiger partial charge in [-0.1, -0.05) is 30.8 Å². The normalized spacial score (nSPS) is 12.2. The summed E-state index contributed by atoms with van der Waals surface area (Å²) in [5.74, 6) is -5.30. The zero-order chi connectivity index (χ0) is 21.1. The van der Waals surface area contributed by atoms with Crippen LogP contribution in [0.15, 0.2) is 46.3 Å². The molecule has 0 aliphatic rings. The highest BCUT2D eigenvalue weighted by atomic mass is 32.2. The second-order valence-corrected chi connectivity index (χ2v) is 7.35. The highest BCUT2D eigenvalue weighted by Crippen LogP contribution is 2.24. The van der Waals surface area contributed by atoms with Crippen LogP contribution in [0.4, 0.5) is 18.9 Å². The summed E-state index contributed by atoms with van der Waals surface area (Å²) in [4.78, 5) is 29.6. The molecule has 29 heavy (non-hydrogen) atoms. The number of thioether (sulfide) groups is 1. The molecule has 3 aromatic rings. The SMILES string of the molecule is CCC(C)n1c(SCC(=O)Nc2ccc(F)c(F)c2F)nc2ccccc2c1=O. The van der Waals surface area contributed by atoms with E-state index in [0.717, 1.165) is 23.9 Å². The van der Waals surface area contributed by atoms with Crippen LogP contribution in [0.1, 0.15) is 26.3 Å². The first-order valence-electron chi connectivity index (χ1n) is 8.90. The number of benzene rings is 2. The Kier molecular flexibility index (Phi) is 6.26. The molecule has 1 atom stereocenters.